The summed E-state index contributed by atoms with van der Waals surface area (Å²) in [6, 6.07) is 16.3. The van der Waals surface area contributed by atoms with E-state index in [1.165, 1.54) is 11.9 Å². The number of aromatic nitrogens is 2. The molecule has 43 heavy (non-hydrogen) atoms. The van der Waals surface area contributed by atoms with Crippen molar-refractivity contribution >= 4 is 39.8 Å². The lowest BCUT2D eigenvalue weighted by Gasteiger charge is -2.38. The first-order chi connectivity index (χ1) is 20.8. The number of hydrogen-bond acceptors (Lipinski definition) is 5. The van der Waals surface area contributed by atoms with Gasteiger partial charge in [-0.05, 0) is 80.0 Å². The summed E-state index contributed by atoms with van der Waals surface area (Å²) in [4.78, 5) is 27.3. The van der Waals surface area contributed by atoms with Gasteiger partial charge in [-0.2, -0.15) is 0 Å². The molecule has 0 bridgehead atoms. The van der Waals surface area contributed by atoms with Crippen LogP contribution in [0.25, 0.3) is 44.7 Å². The van der Waals surface area contributed by atoms with Crippen molar-refractivity contribution in [2.45, 2.75) is 26.8 Å². The maximum Gasteiger partial charge on any atom is 0.255 e. The zero-order chi connectivity index (χ0) is 30.5. The third-order valence-electron chi connectivity index (χ3n) is 8.18. The molecule has 0 spiro atoms. The Morgan fingerprint density at radius 3 is 2.37 bits per heavy atom. The van der Waals surface area contributed by atoms with E-state index in [2.05, 4.69) is 85.6 Å². The van der Waals surface area contributed by atoms with E-state index in [1.807, 2.05) is 36.5 Å². The fourth-order valence-corrected chi connectivity index (χ4v) is 5.67. The van der Waals surface area contributed by atoms with Crippen molar-refractivity contribution in [3.05, 3.63) is 126 Å². The molecule has 1 fully saturated rings. The molecule has 3 heterocycles. The minimum atomic E-state index is -0.119. The van der Waals surface area contributed by atoms with Crippen LogP contribution in [0.1, 0.15) is 31.9 Å². The molecular formula is C37H39N5O. The average Bonchev–Trinajstić information content (AvgIpc) is 3.04. The molecule has 6 heteroatoms. The van der Waals surface area contributed by atoms with Gasteiger partial charge in [0.05, 0.1) is 11.0 Å². The predicted octanol–water partition coefficient (Wildman–Crippen LogP) is 7.38. The Morgan fingerprint density at radius 1 is 0.930 bits per heavy atom. The van der Waals surface area contributed by atoms with E-state index in [1.54, 1.807) is 22.9 Å². The Labute approximate surface area is 254 Å². The zero-order valence-electron chi connectivity index (χ0n) is 25.3. The first kappa shape index (κ1) is 29.7. The quantitative estimate of drug-likeness (QED) is 0.120. The molecule has 6 nitrogen and oxygen atoms in total. The number of allylic oxidation sites excluding steroid dienone is 5. The number of hydrogen-bond donors (Lipinski definition) is 0. The molecular weight excluding hydrogens is 530 g/mol. The summed E-state index contributed by atoms with van der Waals surface area (Å²) >= 11 is 0. The van der Waals surface area contributed by atoms with Crippen LogP contribution in [0.5, 0.6) is 0 Å². The van der Waals surface area contributed by atoms with Crippen molar-refractivity contribution in [2.75, 3.05) is 26.2 Å². The molecule has 2 aromatic heterocycles. The topological polar surface area (TPSA) is 53.7 Å². The number of benzene rings is 2. The van der Waals surface area contributed by atoms with E-state index in [9.17, 15) is 4.79 Å². The number of nitrogens with zero attached hydrogens (tertiary/aromatic N) is 5. The SMILES string of the molecule is C=C/N=C\c1cc(-c2ccc3ncc4ccc(=O)n(/C(C=C)=C/C=C(\C)N5CCN(C(C)C)CC5)c4c3c2)ccc1C=C. The lowest BCUT2D eigenvalue weighted by molar-refractivity contribution is 0.130. The van der Waals surface area contributed by atoms with Crippen molar-refractivity contribution in [2.24, 2.45) is 4.99 Å². The molecule has 218 valence electrons. The molecule has 1 aliphatic heterocycles. The van der Waals surface area contributed by atoms with E-state index in [0.29, 0.717) is 11.7 Å². The summed E-state index contributed by atoms with van der Waals surface area (Å²) in [5.74, 6) is 0. The Morgan fingerprint density at radius 2 is 1.67 bits per heavy atom. The van der Waals surface area contributed by atoms with Crippen LogP contribution in [0.3, 0.4) is 0 Å². The summed E-state index contributed by atoms with van der Waals surface area (Å²) in [6.07, 6.45) is 12.8. The van der Waals surface area contributed by atoms with Crippen LogP contribution in [0.2, 0.25) is 0 Å². The van der Waals surface area contributed by atoms with Gasteiger partial charge in [0.1, 0.15) is 0 Å². The van der Waals surface area contributed by atoms with Crippen LogP contribution in [-0.2, 0) is 0 Å². The number of fused-ring (bicyclic) bond motifs is 3. The third-order valence-corrected chi connectivity index (χ3v) is 8.18. The minimum Gasteiger partial charge on any atom is -0.372 e. The number of rotatable bonds is 9. The molecule has 0 N–H and O–H groups in total. The molecule has 1 aliphatic rings. The Hall–Kier alpha value is -4.81. The van der Waals surface area contributed by atoms with Crippen LogP contribution in [0, 0.1) is 0 Å². The molecule has 0 radical (unpaired) electrons. The van der Waals surface area contributed by atoms with Gasteiger partial charge in [0.25, 0.3) is 5.56 Å². The first-order valence-electron chi connectivity index (χ1n) is 14.7. The van der Waals surface area contributed by atoms with Crippen LogP contribution < -0.4 is 5.56 Å². The molecule has 0 aliphatic carbocycles. The van der Waals surface area contributed by atoms with Crippen molar-refractivity contribution in [3.63, 3.8) is 0 Å². The second kappa shape index (κ2) is 13.0. The lowest BCUT2D eigenvalue weighted by atomic mass is 9.97. The molecule has 4 aromatic rings. The number of piperazine rings is 1. The van der Waals surface area contributed by atoms with Crippen LogP contribution in [0.4, 0.5) is 0 Å². The van der Waals surface area contributed by atoms with Crippen LogP contribution >= 0.6 is 0 Å². The second-order valence-corrected chi connectivity index (χ2v) is 11.0. The first-order valence-corrected chi connectivity index (χ1v) is 14.7. The largest absolute Gasteiger partial charge is 0.372 e. The van der Waals surface area contributed by atoms with Gasteiger partial charge in [0.15, 0.2) is 0 Å². The third kappa shape index (κ3) is 6.20. The molecule has 0 atom stereocenters. The van der Waals surface area contributed by atoms with Crippen molar-refractivity contribution in [1.82, 2.24) is 19.4 Å². The van der Waals surface area contributed by atoms with E-state index in [4.69, 9.17) is 4.98 Å². The van der Waals surface area contributed by atoms with E-state index in [-0.39, 0.29) is 5.56 Å². The smallest absolute Gasteiger partial charge is 0.255 e. The lowest BCUT2D eigenvalue weighted by Crippen LogP contribution is -2.48. The van der Waals surface area contributed by atoms with Crippen LogP contribution in [-0.4, -0.2) is 57.8 Å². The molecule has 0 amide bonds. The Bertz CT molecular complexity index is 1850. The van der Waals surface area contributed by atoms with Gasteiger partial charge in [-0.15, -0.1) is 0 Å². The molecule has 1 saturated heterocycles. The fourth-order valence-electron chi connectivity index (χ4n) is 5.67. The molecule has 5 rings (SSSR count). The van der Waals surface area contributed by atoms with Crippen molar-refractivity contribution in [3.8, 4) is 11.1 Å². The standard InChI is InChI=1S/C37H39N5O/c1-7-28-11-12-29(22-32(28)24-38-9-3)30-13-16-35-34(23-30)37-31(25-39-35)14-17-36(43)42(37)33(8-2)15-10-27(6)41-20-18-40(19-21-41)26(4)5/h7-17,22-26H,1-3,18-21H2,4-6H3/b27-10+,33-15+,38-24-. The predicted molar refractivity (Wildman–Crippen MR) is 183 cm³/mol. The van der Waals surface area contributed by atoms with Gasteiger partial charge in [0.2, 0.25) is 0 Å². The second-order valence-electron chi connectivity index (χ2n) is 11.0. The Balaban J connectivity index is 1.61. The summed E-state index contributed by atoms with van der Waals surface area (Å²) in [7, 11) is 0. The average molecular weight is 570 g/mol. The monoisotopic (exact) mass is 569 g/mol. The minimum absolute atomic E-state index is 0.119. The summed E-state index contributed by atoms with van der Waals surface area (Å²) in [5.41, 5.74) is 7.35. The maximum absolute atomic E-state index is 13.5. The zero-order valence-corrected chi connectivity index (χ0v) is 25.3. The highest BCUT2D eigenvalue weighted by Crippen LogP contribution is 2.30. The van der Waals surface area contributed by atoms with Gasteiger partial charge < -0.3 is 4.90 Å². The van der Waals surface area contributed by atoms with E-state index >= 15 is 0 Å². The van der Waals surface area contributed by atoms with E-state index in [0.717, 1.165) is 70.2 Å². The van der Waals surface area contributed by atoms with E-state index < -0.39 is 0 Å². The number of pyridine rings is 2. The summed E-state index contributed by atoms with van der Waals surface area (Å²) in [6.45, 7) is 22.4. The highest BCUT2D eigenvalue weighted by atomic mass is 16.1. The van der Waals surface area contributed by atoms with Crippen molar-refractivity contribution < 1.29 is 0 Å². The van der Waals surface area contributed by atoms with Crippen molar-refractivity contribution in [1.29, 1.82) is 0 Å². The molecule has 0 saturated carbocycles. The number of aliphatic imine (C=N–C) groups is 1. The van der Waals surface area contributed by atoms with Gasteiger partial charge >= 0.3 is 0 Å². The maximum atomic E-state index is 13.5. The molecule has 2 aromatic carbocycles. The Kier molecular flexibility index (Phi) is 8.98. The highest BCUT2D eigenvalue weighted by molar-refractivity contribution is 6.06. The van der Waals surface area contributed by atoms with Gasteiger partial charge in [-0.3, -0.25) is 24.2 Å². The fraction of sp³-hybridized carbons (Fsp3) is 0.216. The normalized spacial score (nSPS) is 15.1. The summed E-state index contributed by atoms with van der Waals surface area (Å²) in [5, 5.41) is 1.77. The summed E-state index contributed by atoms with van der Waals surface area (Å²) < 4.78 is 1.75. The van der Waals surface area contributed by atoms with Gasteiger partial charge in [-0.25, -0.2) is 0 Å². The van der Waals surface area contributed by atoms with Crippen LogP contribution in [0.15, 0.2) is 114 Å². The van der Waals surface area contributed by atoms with Gasteiger partial charge in [0, 0.05) is 84.6 Å². The molecule has 0 unspecified atom stereocenters. The van der Waals surface area contributed by atoms with Gasteiger partial charge in [-0.1, -0.05) is 44.0 Å². The highest BCUT2D eigenvalue weighted by Gasteiger charge is 2.18.